The van der Waals surface area contributed by atoms with Gasteiger partial charge in [-0.2, -0.15) is 0 Å². The maximum absolute atomic E-state index is 5.51. The van der Waals surface area contributed by atoms with Crippen molar-refractivity contribution in [2.75, 3.05) is 26.3 Å². The first kappa shape index (κ1) is 15.8. The Hall–Kier alpha value is -1.73. The van der Waals surface area contributed by atoms with Gasteiger partial charge in [0, 0.05) is 51.2 Å². The standard InChI is InChI=1S/C17H26N6O/c1-21-16(12-22-8-6-18-13-22)19-20-17(21)14-3-2-7-23(11-14)15-4-9-24-10-5-15/h6,8,13-15H,2-5,7,9-12H2,1H3/t14-/m0/s1. The highest BCUT2D eigenvalue weighted by molar-refractivity contribution is 5.05. The number of hydrogen-bond acceptors (Lipinski definition) is 5. The predicted molar refractivity (Wildman–Crippen MR) is 89.7 cm³/mol. The highest BCUT2D eigenvalue weighted by atomic mass is 16.5. The minimum atomic E-state index is 0.482. The Morgan fingerprint density at radius 1 is 1.21 bits per heavy atom. The summed E-state index contributed by atoms with van der Waals surface area (Å²) in [6, 6.07) is 0.681. The Kier molecular flexibility index (Phi) is 4.62. The van der Waals surface area contributed by atoms with Crippen LogP contribution < -0.4 is 0 Å². The lowest BCUT2D eigenvalue weighted by Crippen LogP contribution is -2.45. The summed E-state index contributed by atoms with van der Waals surface area (Å²) in [5, 5.41) is 8.96. The van der Waals surface area contributed by atoms with E-state index in [0.29, 0.717) is 12.0 Å². The molecule has 0 unspecified atom stereocenters. The summed E-state index contributed by atoms with van der Waals surface area (Å²) >= 11 is 0. The second-order valence-corrected chi connectivity index (χ2v) is 6.95. The fraction of sp³-hybridized carbons (Fsp3) is 0.706. The van der Waals surface area contributed by atoms with Gasteiger partial charge in [0.25, 0.3) is 0 Å². The van der Waals surface area contributed by atoms with Gasteiger partial charge in [-0.3, -0.25) is 4.90 Å². The molecule has 24 heavy (non-hydrogen) atoms. The predicted octanol–water partition coefficient (Wildman–Crippen LogP) is 1.42. The average Bonchev–Trinajstić information content (AvgIpc) is 3.27. The zero-order valence-electron chi connectivity index (χ0n) is 14.3. The number of nitrogens with zero attached hydrogens (tertiary/aromatic N) is 6. The van der Waals surface area contributed by atoms with Crippen LogP contribution in [0.15, 0.2) is 18.7 Å². The first-order valence-electron chi connectivity index (χ1n) is 8.97. The van der Waals surface area contributed by atoms with Crippen molar-refractivity contribution in [3.63, 3.8) is 0 Å². The van der Waals surface area contributed by atoms with Crippen LogP contribution >= 0.6 is 0 Å². The maximum atomic E-state index is 5.51. The molecule has 0 bridgehead atoms. The number of imidazole rings is 1. The van der Waals surface area contributed by atoms with Crippen LogP contribution in [-0.4, -0.2) is 61.6 Å². The van der Waals surface area contributed by atoms with Gasteiger partial charge in [0.05, 0.1) is 12.9 Å². The molecule has 0 aliphatic carbocycles. The molecule has 7 nitrogen and oxygen atoms in total. The third kappa shape index (κ3) is 3.23. The van der Waals surface area contributed by atoms with Crippen molar-refractivity contribution in [1.29, 1.82) is 0 Å². The van der Waals surface area contributed by atoms with Crippen molar-refractivity contribution in [3.05, 3.63) is 30.4 Å². The van der Waals surface area contributed by atoms with Crippen LogP contribution in [0.1, 0.15) is 43.3 Å². The average molecular weight is 330 g/mol. The lowest BCUT2D eigenvalue weighted by molar-refractivity contribution is 0.0233. The summed E-state index contributed by atoms with van der Waals surface area (Å²) in [6.45, 7) is 4.85. The van der Waals surface area contributed by atoms with Crippen molar-refractivity contribution in [2.45, 2.75) is 44.2 Å². The summed E-state index contributed by atoms with van der Waals surface area (Å²) in [7, 11) is 2.09. The molecule has 2 aromatic heterocycles. The fourth-order valence-corrected chi connectivity index (χ4v) is 4.01. The Morgan fingerprint density at radius 3 is 2.88 bits per heavy atom. The van der Waals surface area contributed by atoms with E-state index in [0.717, 1.165) is 50.8 Å². The molecule has 4 rings (SSSR count). The van der Waals surface area contributed by atoms with Crippen molar-refractivity contribution in [3.8, 4) is 0 Å². The zero-order chi connectivity index (χ0) is 16.4. The van der Waals surface area contributed by atoms with E-state index < -0.39 is 0 Å². The molecule has 0 N–H and O–H groups in total. The van der Waals surface area contributed by atoms with Crippen molar-refractivity contribution >= 4 is 0 Å². The van der Waals surface area contributed by atoms with Crippen LogP contribution in [0, 0.1) is 0 Å². The van der Waals surface area contributed by atoms with Crippen LogP contribution in [0.3, 0.4) is 0 Å². The molecule has 0 spiro atoms. The first-order valence-corrected chi connectivity index (χ1v) is 8.97. The molecule has 2 saturated heterocycles. The van der Waals surface area contributed by atoms with Gasteiger partial charge >= 0.3 is 0 Å². The summed E-state index contributed by atoms with van der Waals surface area (Å²) in [5.74, 6) is 2.60. The quantitative estimate of drug-likeness (QED) is 0.848. The molecule has 7 heteroatoms. The maximum Gasteiger partial charge on any atom is 0.152 e. The number of rotatable bonds is 4. The van der Waals surface area contributed by atoms with Crippen LogP contribution in [0.5, 0.6) is 0 Å². The summed E-state index contributed by atoms with van der Waals surface area (Å²) in [4.78, 5) is 6.75. The first-order chi connectivity index (χ1) is 11.8. The minimum Gasteiger partial charge on any atom is -0.381 e. The monoisotopic (exact) mass is 330 g/mol. The van der Waals surface area contributed by atoms with Gasteiger partial charge in [-0.05, 0) is 32.2 Å². The zero-order valence-corrected chi connectivity index (χ0v) is 14.3. The van der Waals surface area contributed by atoms with Crippen LogP contribution in [0.2, 0.25) is 0 Å². The van der Waals surface area contributed by atoms with Gasteiger partial charge < -0.3 is 13.9 Å². The van der Waals surface area contributed by atoms with Gasteiger partial charge in [0.1, 0.15) is 5.82 Å². The van der Waals surface area contributed by atoms with E-state index >= 15 is 0 Å². The van der Waals surface area contributed by atoms with Gasteiger partial charge in [0.2, 0.25) is 0 Å². The van der Waals surface area contributed by atoms with E-state index in [1.165, 1.54) is 19.4 Å². The van der Waals surface area contributed by atoms with Gasteiger partial charge in [-0.1, -0.05) is 0 Å². The van der Waals surface area contributed by atoms with Gasteiger partial charge in [-0.15, -0.1) is 10.2 Å². The topological polar surface area (TPSA) is 61.0 Å². The van der Waals surface area contributed by atoms with E-state index in [2.05, 4.69) is 31.7 Å². The van der Waals surface area contributed by atoms with Gasteiger partial charge in [-0.25, -0.2) is 4.98 Å². The molecule has 4 heterocycles. The smallest absolute Gasteiger partial charge is 0.152 e. The normalized spacial score (nSPS) is 23.6. The second kappa shape index (κ2) is 7.03. The molecule has 0 saturated carbocycles. The third-order valence-corrected chi connectivity index (χ3v) is 5.41. The Bertz CT molecular complexity index is 646. The minimum absolute atomic E-state index is 0.482. The molecule has 1 atom stereocenters. The summed E-state index contributed by atoms with van der Waals surface area (Å²) in [6.07, 6.45) is 10.4. The van der Waals surface area contributed by atoms with Crippen molar-refractivity contribution in [1.82, 2.24) is 29.2 Å². The summed E-state index contributed by atoms with van der Waals surface area (Å²) in [5.41, 5.74) is 0. The molecule has 0 aromatic carbocycles. The third-order valence-electron chi connectivity index (χ3n) is 5.41. The highest BCUT2D eigenvalue weighted by Gasteiger charge is 2.30. The number of piperidine rings is 1. The lowest BCUT2D eigenvalue weighted by atomic mass is 9.94. The molecular formula is C17H26N6O. The van der Waals surface area contributed by atoms with Crippen LogP contribution in [-0.2, 0) is 18.3 Å². The van der Waals surface area contributed by atoms with E-state index in [1.54, 1.807) is 6.20 Å². The Labute approximate surface area is 142 Å². The largest absolute Gasteiger partial charge is 0.381 e. The van der Waals surface area contributed by atoms with Gasteiger partial charge in [0.15, 0.2) is 5.82 Å². The van der Waals surface area contributed by atoms with E-state index in [9.17, 15) is 0 Å². The number of ether oxygens (including phenoxy) is 1. The molecule has 0 radical (unpaired) electrons. The SMILES string of the molecule is Cn1c(Cn2ccnc2)nnc1[C@H]1CCCN(C2CCOCC2)C1. The Morgan fingerprint density at radius 2 is 2.08 bits per heavy atom. The highest BCUT2D eigenvalue weighted by Crippen LogP contribution is 2.29. The van der Waals surface area contributed by atoms with Crippen LogP contribution in [0.25, 0.3) is 0 Å². The second-order valence-electron chi connectivity index (χ2n) is 6.95. The number of hydrogen-bond donors (Lipinski definition) is 0. The fourth-order valence-electron chi connectivity index (χ4n) is 4.01. The number of likely N-dealkylation sites (tertiary alicyclic amines) is 1. The Balaban J connectivity index is 1.46. The molecular weight excluding hydrogens is 304 g/mol. The molecule has 2 aliphatic heterocycles. The molecule has 0 amide bonds. The molecule has 2 fully saturated rings. The van der Waals surface area contributed by atoms with Crippen molar-refractivity contribution < 1.29 is 4.74 Å². The van der Waals surface area contributed by atoms with Crippen LogP contribution in [0.4, 0.5) is 0 Å². The molecule has 2 aliphatic rings. The van der Waals surface area contributed by atoms with E-state index in [4.69, 9.17) is 4.74 Å². The molecule has 130 valence electrons. The summed E-state index contributed by atoms with van der Waals surface area (Å²) < 4.78 is 9.72. The number of aromatic nitrogens is 5. The lowest BCUT2D eigenvalue weighted by Gasteiger charge is -2.39. The van der Waals surface area contributed by atoms with Crippen molar-refractivity contribution in [2.24, 2.45) is 7.05 Å². The molecule has 2 aromatic rings. The van der Waals surface area contributed by atoms with E-state index in [-0.39, 0.29) is 0 Å². The van der Waals surface area contributed by atoms with E-state index in [1.807, 2.05) is 17.1 Å².